The van der Waals surface area contributed by atoms with E-state index in [1.807, 2.05) is 10.9 Å². The standard InChI is InChI=1S/C12H18BrN3O/c13-11-8-15-16(9-11)7-6-14-12(17)10-4-2-1-3-5-10/h8-10H,1-7H2,(H,14,17). The highest BCUT2D eigenvalue weighted by atomic mass is 79.9. The second-order valence-corrected chi connectivity index (χ2v) is 5.46. The fourth-order valence-corrected chi connectivity index (χ4v) is 2.59. The van der Waals surface area contributed by atoms with Gasteiger partial charge in [-0.2, -0.15) is 5.10 Å². The monoisotopic (exact) mass is 299 g/mol. The Labute approximate surface area is 110 Å². The number of nitrogens with zero attached hydrogens (tertiary/aromatic N) is 2. The molecule has 0 saturated heterocycles. The molecule has 1 heterocycles. The average molecular weight is 300 g/mol. The number of amides is 1. The largest absolute Gasteiger partial charge is 0.354 e. The van der Waals surface area contributed by atoms with Gasteiger partial charge in [0.05, 0.1) is 17.2 Å². The van der Waals surface area contributed by atoms with Crippen LogP contribution >= 0.6 is 15.9 Å². The van der Waals surface area contributed by atoms with Gasteiger partial charge in [0.15, 0.2) is 0 Å². The summed E-state index contributed by atoms with van der Waals surface area (Å²) in [6.07, 6.45) is 9.45. The maximum absolute atomic E-state index is 11.8. The third-order valence-electron chi connectivity index (χ3n) is 3.22. The van der Waals surface area contributed by atoms with Crippen LogP contribution in [0.5, 0.6) is 0 Å². The normalized spacial score (nSPS) is 17.0. The SMILES string of the molecule is O=C(NCCn1cc(Br)cn1)C1CCCCC1. The summed E-state index contributed by atoms with van der Waals surface area (Å²) in [6.45, 7) is 1.38. The number of hydrogen-bond donors (Lipinski definition) is 1. The van der Waals surface area contributed by atoms with Crippen molar-refractivity contribution in [1.82, 2.24) is 15.1 Å². The fraction of sp³-hybridized carbons (Fsp3) is 0.667. The number of carbonyl (C=O) groups excluding carboxylic acids is 1. The molecule has 0 bridgehead atoms. The van der Waals surface area contributed by atoms with Gasteiger partial charge in [-0.1, -0.05) is 19.3 Å². The zero-order chi connectivity index (χ0) is 12.1. The van der Waals surface area contributed by atoms with Crippen molar-refractivity contribution in [1.29, 1.82) is 0 Å². The van der Waals surface area contributed by atoms with E-state index in [1.54, 1.807) is 6.20 Å². The first-order valence-corrected chi connectivity index (χ1v) is 7.00. The fourth-order valence-electron chi connectivity index (χ4n) is 2.26. The van der Waals surface area contributed by atoms with Crippen LogP contribution in [0, 0.1) is 5.92 Å². The maximum Gasteiger partial charge on any atom is 0.223 e. The summed E-state index contributed by atoms with van der Waals surface area (Å²) in [7, 11) is 0. The molecule has 1 saturated carbocycles. The van der Waals surface area contributed by atoms with Crippen molar-refractivity contribution < 1.29 is 4.79 Å². The highest BCUT2D eigenvalue weighted by molar-refractivity contribution is 9.10. The summed E-state index contributed by atoms with van der Waals surface area (Å²) >= 11 is 3.34. The van der Waals surface area contributed by atoms with Crippen molar-refractivity contribution in [3.05, 3.63) is 16.9 Å². The first-order chi connectivity index (χ1) is 8.25. The van der Waals surface area contributed by atoms with Crippen LogP contribution in [0.2, 0.25) is 0 Å². The number of halogens is 1. The molecular weight excluding hydrogens is 282 g/mol. The predicted octanol–water partition coefficient (Wildman–Crippen LogP) is 2.34. The molecule has 0 radical (unpaired) electrons. The van der Waals surface area contributed by atoms with Crippen LogP contribution < -0.4 is 5.32 Å². The van der Waals surface area contributed by atoms with E-state index in [4.69, 9.17) is 0 Å². The van der Waals surface area contributed by atoms with Crippen LogP contribution in [0.15, 0.2) is 16.9 Å². The highest BCUT2D eigenvalue weighted by Crippen LogP contribution is 2.23. The number of aromatic nitrogens is 2. The Morgan fingerprint density at radius 2 is 2.24 bits per heavy atom. The van der Waals surface area contributed by atoms with E-state index < -0.39 is 0 Å². The first kappa shape index (κ1) is 12.6. The molecule has 1 aromatic rings. The minimum absolute atomic E-state index is 0.218. The lowest BCUT2D eigenvalue weighted by molar-refractivity contribution is -0.125. The summed E-state index contributed by atoms with van der Waals surface area (Å²) in [4.78, 5) is 11.8. The van der Waals surface area contributed by atoms with Crippen LogP contribution in [-0.4, -0.2) is 22.2 Å². The van der Waals surface area contributed by atoms with Gasteiger partial charge < -0.3 is 5.32 Å². The van der Waals surface area contributed by atoms with Gasteiger partial charge in [-0.15, -0.1) is 0 Å². The number of hydrogen-bond acceptors (Lipinski definition) is 2. The third kappa shape index (κ3) is 3.84. The minimum Gasteiger partial charge on any atom is -0.354 e. The average Bonchev–Trinajstić information content (AvgIpc) is 2.76. The molecule has 0 aromatic carbocycles. The molecule has 1 amide bonds. The number of rotatable bonds is 4. The van der Waals surface area contributed by atoms with Gasteiger partial charge in [-0.05, 0) is 28.8 Å². The molecule has 94 valence electrons. The molecule has 1 N–H and O–H groups in total. The van der Waals surface area contributed by atoms with E-state index in [0.29, 0.717) is 6.54 Å². The van der Waals surface area contributed by atoms with Crippen LogP contribution in [0.4, 0.5) is 0 Å². The maximum atomic E-state index is 11.8. The van der Waals surface area contributed by atoms with Gasteiger partial charge >= 0.3 is 0 Å². The van der Waals surface area contributed by atoms with E-state index in [0.717, 1.165) is 23.9 Å². The predicted molar refractivity (Wildman–Crippen MR) is 69.5 cm³/mol. The van der Waals surface area contributed by atoms with Gasteiger partial charge in [0.2, 0.25) is 5.91 Å². The molecule has 0 spiro atoms. The minimum atomic E-state index is 0.218. The second-order valence-electron chi connectivity index (χ2n) is 4.55. The van der Waals surface area contributed by atoms with Gasteiger partial charge in [0.25, 0.3) is 0 Å². The number of carbonyl (C=O) groups is 1. The topological polar surface area (TPSA) is 46.9 Å². The Morgan fingerprint density at radius 1 is 1.47 bits per heavy atom. The second kappa shape index (κ2) is 6.19. The summed E-state index contributed by atoms with van der Waals surface area (Å²) in [5.74, 6) is 0.462. The van der Waals surface area contributed by atoms with Crippen molar-refractivity contribution in [3.8, 4) is 0 Å². The lowest BCUT2D eigenvalue weighted by atomic mass is 9.89. The van der Waals surface area contributed by atoms with Crippen LogP contribution in [0.3, 0.4) is 0 Å². The zero-order valence-electron chi connectivity index (χ0n) is 9.86. The Hall–Kier alpha value is -0.840. The van der Waals surface area contributed by atoms with Crippen LogP contribution in [-0.2, 0) is 11.3 Å². The molecule has 1 aliphatic rings. The van der Waals surface area contributed by atoms with Crippen molar-refractivity contribution in [2.75, 3.05) is 6.54 Å². The molecule has 0 unspecified atom stereocenters. The first-order valence-electron chi connectivity index (χ1n) is 6.21. The lowest BCUT2D eigenvalue weighted by Crippen LogP contribution is -2.34. The van der Waals surface area contributed by atoms with Crippen LogP contribution in [0.1, 0.15) is 32.1 Å². The third-order valence-corrected chi connectivity index (χ3v) is 3.63. The van der Waals surface area contributed by atoms with Crippen molar-refractivity contribution in [2.24, 2.45) is 5.92 Å². The van der Waals surface area contributed by atoms with Gasteiger partial charge in [-0.25, -0.2) is 0 Å². The highest BCUT2D eigenvalue weighted by Gasteiger charge is 2.20. The summed E-state index contributed by atoms with van der Waals surface area (Å²) in [6, 6.07) is 0. The van der Waals surface area contributed by atoms with E-state index in [-0.39, 0.29) is 11.8 Å². The molecular formula is C12H18BrN3O. The molecule has 4 nitrogen and oxygen atoms in total. The van der Waals surface area contributed by atoms with Gasteiger partial charge in [-0.3, -0.25) is 9.48 Å². The summed E-state index contributed by atoms with van der Waals surface area (Å²) < 4.78 is 2.79. The molecule has 1 fully saturated rings. The van der Waals surface area contributed by atoms with Crippen molar-refractivity contribution in [2.45, 2.75) is 38.6 Å². The van der Waals surface area contributed by atoms with E-state index in [1.165, 1.54) is 19.3 Å². The molecule has 1 aliphatic carbocycles. The van der Waals surface area contributed by atoms with Crippen molar-refractivity contribution >= 4 is 21.8 Å². The molecule has 2 rings (SSSR count). The Balaban J connectivity index is 1.69. The van der Waals surface area contributed by atoms with Gasteiger partial charge in [0.1, 0.15) is 0 Å². The summed E-state index contributed by atoms with van der Waals surface area (Å²) in [5, 5.41) is 7.14. The molecule has 5 heteroatoms. The quantitative estimate of drug-likeness (QED) is 0.928. The smallest absolute Gasteiger partial charge is 0.223 e. The van der Waals surface area contributed by atoms with E-state index >= 15 is 0 Å². The number of nitrogens with one attached hydrogen (secondary N) is 1. The Kier molecular flexibility index (Phi) is 4.59. The van der Waals surface area contributed by atoms with Crippen molar-refractivity contribution in [3.63, 3.8) is 0 Å². The molecule has 17 heavy (non-hydrogen) atoms. The Bertz CT molecular complexity index is 372. The molecule has 0 aliphatic heterocycles. The Morgan fingerprint density at radius 3 is 2.88 bits per heavy atom. The molecule has 1 aromatic heterocycles. The van der Waals surface area contributed by atoms with Crippen LogP contribution in [0.25, 0.3) is 0 Å². The molecule has 0 atom stereocenters. The van der Waals surface area contributed by atoms with Gasteiger partial charge in [0, 0.05) is 18.7 Å². The zero-order valence-corrected chi connectivity index (χ0v) is 11.4. The lowest BCUT2D eigenvalue weighted by Gasteiger charge is -2.20. The van der Waals surface area contributed by atoms with E-state index in [2.05, 4.69) is 26.3 Å². The summed E-state index contributed by atoms with van der Waals surface area (Å²) in [5.41, 5.74) is 0. The van der Waals surface area contributed by atoms with E-state index in [9.17, 15) is 4.79 Å².